The molecule has 4 rings (SSSR count). The van der Waals surface area contributed by atoms with Crippen LogP contribution in [0.15, 0.2) is 35.2 Å². The number of sulfonamides is 1. The monoisotopic (exact) mass is 511 g/mol. The van der Waals surface area contributed by atoms with Gasteiger partial charge in [0.2, 0.25) is 11.8 Å². The lowest BCUT2D eigenvalue weighted by molar-refractivity contribution is -0.136. The summed E-state index contributed by atoms with van der Waals surface area (Å²) >= 11 is 0. The van der Waals surface area contributed by atoms with Gasteiger partial charge in [-0.3, -0.25) is 34.1 Å². The summed E-state index contributed by atoms with van der Waals surface area (Å²) in [6, 6.07) is 3.66. The maximum Gasteiger partial charge on any atom is 0.387 e. The molecular weight excluding hydrogens is 495 g/mol. The van der Waals surface area contributed by atoms with Gasteiger partial charge < -0.3 is 4.74 Å². The van der Waals surface area contributed by atoms with Gasteiger partial charge in [0.05, 0.1) is 11.1 Å². The molecule has 184 valence electrons. The molecule has 2 aliphatic rings. The largest absolute Gasteiger partial charge is 0.433 e. The van der Waals surface area contributed by atoms with Gasteiger partial charge >= 0.3 is 6.61 Å². The van der Waals surface area contributed by atoms with Crippen molar-refractivity contribution >= 4 is 39.3 Å². The molecule has 2 N–H and O–H groups in total. The molecule has 0 bridgehead atoms. The quantitative estimate of drug-likeness (QED) is 0.565. The van der Waals surface area contributed by atoms with E-state index in [1.165, 1.54) is 0 Å². The van der Waals surface area contributed by atoms with Crippen molar-refractivity contribution < 1.29 is 45.5 Å². The predicted molar refractivity (Wildman–Crippen MR) is 112 cm³/mol. The van der Waals surface area contributed by atoms with Crippen molar-refractivity contribution in [2.45, 2.75) is 37.3 Å². The van der Waals surface area contributed by atoms with Gasteiger partial charge in [-0.05, 0) is 43.7 Å². The fourth-order valence-electron chi connectivity index (χ4n) is 3.83. The summed E-state index contributed by atoms with van der Waals surface area (Å²) in [7, 11) is -4.61. The summed E-state index contributed by atoms with van der Waals surface area (Å²) in [5.74, 6) is -4.87. The Bertz CT molecular complexity index is 1390. The van der Waals surface area contributed by atoms with Gasteiger partial charge in [-0.1, -0.05) is 0 Å². The topological polar surface area (TPSA) is 139 Å². The van der Waals surface area contributed by atoms with Crippen LogP contribution in [0.3, 0.4) is 0 Å². The molecule has 1 unspecified atom stereocenters. The number of benzene rings is 2. The third-order valence-corrected chi connectivity index (χ3v) is 6.90. The first-order valence-electron chi connectivity index (χ1n) is 10.0. The van der Waals surface area contributed by atoms with Gasteiger partial charge in [-0.25, -0.2) is 12.8 Å². The van der Waals surface area contributed by atoms with Crippen LogP contribution in [0.25, 0.3) is 0 Å². The fourth-order valence-corrected chi connectivity index (χ4v) is 5.07. The van der Waals surface area contributed by atoms with E-state index in [9.17, 15) is 40.8 Å². The Kier molecular flexibility index (Phi) is 6.00. The van der Waals surface area contributed by atoms with Gasteiger partial charge in [0.1, 0.15) is 16.8 Å². The summed E-state index contributed by atoms with van der Waals surface area (Å²) in [4.78, 5) is 49.1. The number of imide groups is 2. The Morgan fingerprint density at radius 1 is 1.09 bits per heavy atom. The van der Waals surface area contributed by atoms with Crippen molar-refractivity contribution in [1.82, 2.24) is 10.2 Å². The van der Waals surface area contributed by atoms with Crippen LogP contribution in [0, 0.1) is 12.7 Å². The second-order valence-corrected chi connectivity index (χ2v) is 9.34. The highest BCUT2D eigenvalue weighted by Gasteiger charge is 2.44. The predicted octanol–water partition coefficient (Wildman–Crippen LogP) is 1.94. The number of rotatable bonds is 6. The van der Waals surface area contributed by atoms with E-state index in [0.29, 0.717) is 4.90 Å². The Morgan fingerprint density at radius 3 is 2.43 bits per heavy atom. The van der Waals surface area contributed by atoms with Crippen LogP contribution in [0.2, 0.25) is 0 Å². The first-order chi connectivity index (χ1) is 16.4. The molecule has 10 nitrogen and oxygen atoms in total. The van der Waals surface area contributed by atoms with Gasteiger partial charge in [0.25, 0.3) is 21.8 Å². The molecular formula is C21H16F3N3O7S. The fraction of sp³-hybridized carbons (Fsp3) is 0.238. The smallest absolute Gasteiger partial charge is 0.387 e. The number of alkyl halides is 2. The maximum absolute atomic E-state index is 13.8. The molecule has 0 saturated carbocycles. The normalized spacial score (nSPS) is 18.1. The van der Waals surface area contributed by atoms with E-state index in [4.69, 9.17) is 0 Å². The lowest BCUT2D eigenvalue weighted by Gasteiger charge is -2.27. The summed E-state index contributed by atoms with van der Waals surface area (Å²) in [5, 5.41) is 2.05. The Labute approximate surface area is 196 Å². The number of hydrogen-bond donors (Lipinski definition) is 2. The summed E-state index contributed by atoms with van der Waals surface area (Å²) in [6.07, 6.45) is -0.137. The second kappa shape index (κ2) is 8.69. The highest BCUT2D eigenvalue weighted by atomic mass is 32.2. The summed E-state index contributed by atoms with van der Waals surface area (Å²) in [6.45, 7) is -2.36. The molecule has 35 heavy (non-hydrogen) atoms. The standard InChI is InChI=1S/C21H16F3N3O7S/c1-9-13(22)4-6-15(17(9)34-21(23)24)35(32,33)26-10-2-3-11-12(8-10)20(31)27(19(11)30)14-5-7-16(28)25-18(14)29/h2-4,6,8,14,21,26H,5,7H2,1H3,(H,25,28,29). The number of hydrogen-bond acceptors (Lipinski definition) is 7. The molecule has 2 aromatic rings. The molecule has 2 heterocycles. The van der Waals surface area contributed by atoms with E-state index in [1.807, 2.05) is 0 Å². The molecule has 0 aliphatic carbocycles. The molecule has 0 spiro atoms. The molecule has 1 saturated heterocycles. The van der Waals surface area contributed by atoms with E-state index >= 15 is 0 Å². The zero-order valence-electron chi connectivity index (χ0n) is 17.8. The molecule has 4 amide bonds. The van der Waals surface area contributed by atoms with Gasteiger partial charge in [-0.15, -0.1) is 0 Å². The van der Waals surface area contributed by atoms with Crippen molar-refractivity contribution in [3.63, 3.8) is 0 Å². The molecule has 2 aliphatic heterocycles. The van der Waals surface area contributed by atoms with E-state index in [2.05, 4.69) is 14.8 Å². The van der Waals surface area contributed by atoms with Crippen LogP contribution in [0.1, 0.15) is 39.1 Å². The number of carbonyl (C=O) groups is 4. The number of fused-ring (bicyclic) bond motifs is 1. The van der Waals surface area contributed by atoms with E-state index < -0.39 is 68.3 Å². The minimum absolute atomic E-state index is 0.0630. The third kappa shape index (κ3) is 4.32. The summed E-state index contributed by atoms with van der Waals surface area (Å²) < 4.78 is 71.6. The third-order valence-electron chi connectivity index (χ3n) is 5.49. The zero-order valence-corrected chi connectivity index (χ0v) is 18.6. The van der Waals surface area contributed by atoms with Crippen molar-refractivity contribution in [3.8, 4) is 5.75 Å². The first kappa shape index (κ1) is 24.2. The number of amides is 4. The van der Waals surface area contributed by atoms with Gasteiger partial charge in [-0.2, -0.15) is 8.78 Å². The molecule has 0 radical (unpaired) electrons. The van der Waals surface area contributed by atoms with Crippen LogP contribution in [0.4, 0.5) is 18.9 Å². The van der Waals surface area contributed by atoms with E-state index in [-0.39, 0.29) is 29.7 Å². The van der Waals surface area contributed by atoms with Crippen LogP contribution in [0.5, 0.6) is 5.75 Å². The number of nitrogens with one attached hydrogen (secondary N) is 2. The molecule has 2 aromatic carbocycles. The van der Waals surface area contributed by atoms with Crippen LogP contribution >= 0.6 is 0 Å². The Balaban J connectivity index is 1.65. The number of ether oxygens (including phenoxy) is 1. The van der Waals surface area contributed by atoms with Crippen LogP contribution in [-0.4, -0.2) is 49.6 Å². The SMILES string of the molecule is Cc1c(F)ccc(S(=O)(=O)Nc2ccc3c(c2)C(=O)N(C2CCC(=O)NC2=O)C3=O)c1OC(F)F. The summed E-state index contributed by atoms with van der Waals surface area (Å²) in [5.41, 5.74) is -0.968. The highest BCUT2D eigenvalue weighted by Crippen LogP contribution is 2.34. The van der Waals surface area contributed by atoms with E-state index in [1.54, 1.807) is 0 Å². The van der Waals surface area contributed by atoms with Gasteiger partial charge in [0, 0.05) is 17.7 Å². The maximum atomic E-state index is 13.8. The molecule has 1 fully saturated rings. The van der Waals surface area contributed by atoms with Crippen LogP contribution < -0.4 is 14.8 Å². The minimum Gasteiger partial charge on any atom is -0.433 e. The van der Waals surface area contributed by atoms with Gasteiger partial charge in [0.15, 0.2) is 5.75 Å². The number of piperidine rings is 1. The average molecular weight is 511 g/mol. The Hall–Kier alpha value is -3.94. The van der Waals surface area contributed by atoms with Crippen molar-refractivity contribution in [2.75, 3.05) is 4.72 Å². The van der Waals surface area contributed by atoms with E-state index in [0.717, 1.165) is 37.3 Å². The number of carbonyl (C=O) groups excluding carboxylic acids is 4. The zero-order chi connectivity index (χ0) is 25.7. The Morgan fingerprint density at radius 2 is 1.77 bits per heavy atom. The molecule has 14 heteroatoms. The lowest BCUT2D eigenvalue weighted by atomic mass is 10.0. The second-order valence-electron chi connectivity index (χ2n) is 7.69. The van der Waals surface area contributed by atoms with Crippen molar-refractivity contribution in [2.24, 2.45) is 0 Å². The lowest BCUT2D eigenvalue weighted by Crippen LogP contribution is -2.54. The highest BCUT2D eigenvalue weighted by molar-refractivity contribution is 7.92. The van der Waals surface area contributed by atoms with Crippen molar-refractivity contribution in [1.29, 1.82) is 0 Å². The van der Waals surface area contributed by atoms with Crippen molar-refractivity contribution in [3.05, 3.63) is 52.8 Å². The molecule has 1 atom stereocenters. The minimum atomic E-state index is -4.61. The average Bonchev–Trinajstić information content (AvgIpc) is 3.01. The number of halogens is 3. The van der Waals surface area contributed by atoms with Crippen LogP contribution in [-0.2, 0) is 19.6 Å². The number of nitrogens with zero attached hydrogens (tertiary/aromatic N) is 1. The molecule has 0 aromatic heterocycles. The first-order valence-corrected chi connectivity index (χ1v) is 11.5. The number of anilines is 1.